The van der Waals surface area contributed by atoms with Gasteiger partial charge in [0.25, 0.3) is 11.8 Å². The first-order valence-corrected chi connectivity index (χ1v) is 12.4. The summed E-state index contributed by atoms with van der Waals surface area (Å²) in [5.74, 6) is -0.473. The van der Waals surface area contributed by atoms with Gasteiger partial charge >= 0.3 is 6.18 Å². The van der Waals surface area contributed by atoms with Crippen molar-refractivity contribution in [1.29, 1.82) is 0 Å². The molecule has 7 nitrogen and oxygen atoms in total. The summed E-state index contributed by atoms with van der Waals surface area (Å²) in [7, 11) is 0. The summed E-state index contributed by atoms with van der Waals surface area (Å²) < 4.78 is 45.3. The topological polar surface area (TPSA) is 66.8 Å². The second-order valence-corrected chi connectivity index (χ2v) is 9.45. The van der Waals surface area contributed by atoms with E-state index in [1.807, 2.05) is 48.7 Å². The highest BCUT2D eigenvalue weighted by Gasteiger charge is 2.34. The van der Waals surface area contributed by atoms with Crippen LogP contribution in [-0.2, 0) is 17.9 Å². The molecule has 1 unspecified atom stereocenters. The van der Waals surface area contributed by atoms with E-state index in [0.717, 1.165) is 5.56 Å². The Morgan fingerprint density at radius 1 is 1.17 bits per heavy atom. The Morgan fingerprint density at radius 2 is 1.92 bits per heavy atom. The minimum Gasteiger partial charge on any atom is -0.373 e. The van der Waals surface area contributed by atoms with Crippen molar-refractivity contribution in [1.82, 2.24) is 19.7 Å². The van der Waals surface area contributed by atoms with Crippen molar-refractivity contribution in [3.05, 3.63) is 58.9 Å². The third-order valence-electron chi connectivity index (χ3n) is 6.97. The summed E-state index contributed by atoms with van der Waals surface area (Å²) >= 11 is 0. The van der Waals surface area contributed by atoms with E-state index in [2.05, 4.69) is 5.32 Å². The van der Waals surface area contributed by atoms with Crippen molar-refractivity contribution in [3.8, 4) is 0 Å². The molecule has 196 valence electrons. The number of piperazine rings is 1. The molecule has 36 heavy (non-hydrogen) atoms. The maximum atomic E-state index is 13.6. The van der Waals surface area contributed by atoms with E-state index >= 15 is 0 Å². The van der Waals surface area contributed by atoms with Crippen molar-refractivity contribution < 1.29 is 27.5 Å². The Balaban J connectivity index is 1.51. The Labute approximate surface area is 209 Å². The SMILES string of the molecule is CC[C@@H](NC(=O)c1cc(C(=O)N2CCN(CCC(F)(F)F)CC2C)n2c1COCC2)c1ccccc1. The normalized spacial score (nSPS) is 19.6. The van der Waals surface area contributed by atoms with E-state index in [1.165, 1.54) is 0 Å². The van der Waals surface area contributed by atoms with Crippen molar-refractivity contribution >= 4 is 11.8 Å². The molecule has 1 saturated heterocycles. The number of hydrogen-bond acceptors (Lipinski definition) is 4. The Morgan fingerprint density at radius 3 is 2.58 bits per heavy atom. The van der Waals surface area contributed by atoms with Crippen molar-refractivity contribution in [2.24, 2.45) is 0 Å². The molecule has 2 aliphatic rings. The number of nitrogens with one attached hydrogen (secondary N) is 1. The van der Waals surface area contributed by atoms with Crippen molar-refractivity contribution in [3.63, 3.8) is 0 Å². The third-order valence-corrected chi connectivity index (χ3v) is 6.97. The van der Waals surface area contributed by atoms with Gasteiger partial charge < -0.3 is 19.5 Å². The molecule has 2 aliphatic heterocycles. The number of benzene rings is 1. The zero-order valence-corrected chi connectivity index (χ0v) is 20.7. The average molecular weight is 507 g/mol. The minimum absolute atomic E-state index is 0.0714. The van der Waals surface area contributed by atoms with Crippen LogP contribution < -0.4 is 5.32 Å². The van der Waals surface area contributed by atoms with Gasteiger partial charge in [-0.05, 0) is 25.0 Å². The molecule has 0 aliphatic carbocycles. The number of fused-ring (bicyclic) bond motifs is 1. The number of rotatable bonds is 7. The Hall–Kier alpha value is -2.85. The number of amides is 2. The molecule has 0 spiro atoms. The van der Waals surface area contributed by atoms with E-state index in [1.54, 1.807) is 15.9 Å². The number of aromatic nitrogens is 1. The lowest BCUT2D eigenvalue weighted by Crippen LogP contribution is -2.54. The fourth-order valence-corrected chi connectivity index (χ4v) is 5.01. The molecule has 0 saturated carbocycles. The van der Waals surface area contributed by atoms with Gasteiger partial charge in [0, 0.05) is 38.8 Å². The van der Waals surface area contributed by atoms with Crippen LogP contribution >= 0.6 is 0 Å². The second-order valence-electron chi connectivity index (χ2n) is 9.45. The van der Waals surface area contributed by atoms with Crippen molar-refractivity contribution in [2.75, 3.05) is 32.8 Å². The van der Waals surface area contributed by atoms with Crippen LogP contribution in [-0.4, -0.2) is 71.2 Å². The fourth-order valence-electron chi connectivity index (χ4n) is 5.01. The predicted octanol–water partition coefficient (Wildman–Crippen LogP) is 4.00. The highest BCUT2D eigenvalue weighted by Crippen LogP contribution is 2.26. The molecule has 2 atom stereocenters. The average Bonchev–Trinajstić information content (AvgIpc) is 3.25. The number of carbonyl (C=O) groups excluding carboxylic acids is 2. The zero-order valence-electron chi connectivity index (χ0n) is 20.7. The molecule has 0 radical (unpaired) electrons. The van der Waals surface area contributed by atoms with E-state index in [-0.39, 0.29) is 37.0 Å². The van der Waals surface area contributed by atoms with Gasteiger partial charge in [0.05, 0.1) is 36.9 Å². The van der Waals surface area contributed by atoms with Crippen LogP contribution in [0.2, 0.25) is 0 Å². The first-order chi connectivity index (χ1) is 17.2. The van der Waals surface area contributed by atoms with Crippen LogP contribution in [0.3, 0.4) is 0 Å². The molecule has 2 aromatic rings. The van der Waals surface area contributed by atoms with Gasteiger partial charge in [-0.3, -0.25) is 14.5 Å². The summed E-state index contributed by atoms with van der Waals surface area (Å²) in [6, 6.07) is 11.0. The lowest BCUT2D eigenvalue weighted by molar-refractivity contribution is -0.139. The van der Waals surface area contributed by atoms with Gasteiger partial charge in [-0.15, -0.1) is 0 Å². The standard InChI is InChI=1S/C26H33F3N4O3/c1-3-21(19-7-5-4-6-8-19)30-24(34)20-15-22(33-13-14-36-17-23(20)33)25(35)32-12-11-31(16-18(32)2)10-9-26(27,28)29/h4-8,15,18,21H,3,9-14,16-17H2,1-2H3,(H,30,34)/t18?,21-/m1/s1. The Bertz CT molecular complexity index is 1070. The van der Waals surface area contributed by atoms with Gasteiger partial charge in [-0.25, -0.2) is 0 Å². The first kappa shape index (κ1) is 26.2. The molecule has 2 amide bonds. The van der Waals surface area contributed by atoms with Crippen LogP contribution in [0.25, 0.3) is 0 Å². The highest BCUT2D eigenvalue weighted by atomic mass is 19.4. The maximum Gasteiger partial charge on any atom is 0.390 e. The van der Waals surface area contributed by atoms with Gasteiger partial charge in [0.2, 0.25) is 0 Å². The van der Waals surface area contributed by atoms with Crippen molar-refractivity contribution in [2.45, 2.75) is 58.1 Å². The number of halogens is 3. The number of ether oxygens (including phenoxy) is 1. The molecule has 1 aromatic heterocycles. The van der Waals surface area contributed by atoms with Crippen LogP contribution in [0.4, 0.5) is 13.2 Å². The summed E-state index contributed by atoms with van der Waals surface area (Å²) in [5.41, 5.74) is 2.51. The molecular weight excluding hydrogens is 473 g/mol. The van der Waals surface area contributed by atoms with Gasteiger partial charge in [-0.2, -0.15) is 13.2 Å². The predicted molar refractivity (Wildman–Crippen MR) is 129 cm³/mol. The number of carbonyl (C=O) groups is 2. The van der Waals surface area contributed by atoms with Gasteiger partial charge in [-0.1, -0.05) is 37.3 Å². The van der Waals surface area contributed by atoms with Gasteiger partial charge in [0.15, 0.2) is 0 Å². The monoisotopic (exact) mass is 506 g/mol. The third kappa shape index (κ3) is 5.92. The minimum atomic E-state index is -4.20. The number of alkyl halides is 3. The summed E-state index contributed by atoms with van der Waals surface area (Å²) in [4.78, 5) is 30.3. The second kappa shape index (κ2) is 11.0. The van der Waals surface area contributed by atoms with E-state index in [0.29, 0.717) is 56.2 Å². The van der Waals surface area contributed by atoms with E-state index in [9.17, 15) is 22.8 Å². The molecule has 10 heteroatoms. The lowest BCUT2D eigenvalue weighted by atomic mass is 10.0. The Kier molecular flexibility index (Phi) is 8.04. The smallest absolute Gasteiger partial charge is 0.373 e. The maximum absolute atomic E-state index is 13.6. The molecule has 1 fully saturated rings. The first-order valence-electron chi connectivity index (χ1n) is 12.4. The number of hydrogen-bond donors (Lipinski definition) is 1. The summed E-state index contributed by atoms with van der Waals surface area (Å²) in [6.45, 7) is 6.00. The molecule has 3 heterocycles. The van der Waals surface area contributed by atoms with Crippen LogP contribution in [0, 0.1) is 0 Å². The van der Waals surface area contributed by atoms with Crippen LogP contribution in [0.15, 0.2) is 36.4 Å². The van der Waals surface area contributed by atoms with Crippen LogP contribution in [0.1, 0.15) is 64.8 Å². The summed E-state index contributed by atoms with van der Waals surface area (Å²) in [6.07, 6.45) is -4.35. The molecule has 0 bridgehead atoms. The molecule has 1 N–H and O–H groups in total. The summed E-state index contributed by atoms with van der Waals surface area (Å²) in [5, 5.41) is 3.09. The van der Waals surface area contributed by atoms with Crippen LogP contribution in [0.5, 0.6) is 0 Å². The largest absolute Gasteiger partial charge is 0.390 e. The highest BCUT2D eigenvalue weighted by molar-refractivity contribution is 6.01. The zero-order chi connectivity index (χ0) is 25.9. The number of nitrogens with zero attached hydrogens (tertiary/aromatic N) is 3. The van der Waals surface area contributed by atoms with E-state index in [4.69, 9.17) is 4.74 Å². The van der Waals surface area contributed by atoms with E-state index < -0.39 is 12.6 Å². The lowest BCUT2D eigenvalue weighted by Gasteiger charge is -2.40. The molecule has 1 aromatic carbocycles. The molecular formula is C26H33F3N4O3. The van der Waals surface area contributed by atoms with Gasteiger partial charge in [0.1, 0.15) is 5.69 Å². The molecule has 4 rings (SSSR count). The quantitative estimate of drug-likeness (QED) is 0.617. The fraction of sp³-hybridized carbons (Fsp3) is 0.538.